The summed E-state index contributed by atoms with van der Waals surface area (Å²) in [4.78, 5) is 24.1. The maximum Gasteiger partial charge on any atom is 0.257 e. The van der Waals surface area contributed by atoms with E-state index in [-0.39, 0.29) is 22.8 Å². The van der Waals surface area contributed by atoms with E-state index < -0.39 is 0 Å². The van der Waals surface area contributed by atoms with Gasteiger partial charge >= 0.3 is 0 Å². The first-order valence-corrected chi connectivity index (χ1v) is 9.00. The van der Waals surface area contributed by atoms with E-state index in [2.05, 4.69) is 16.0 Å². The van der Waals surface area contributed by atoms with Gasteiger partial charge in [-0.3, -0.25) is 14.9 Å². The second-order valence-electron chi connectivity index (χ2n) is 6.20. The van der Waals surface area contributed by atoms with Crippen LogP contribution in [0.1, 0.15) is 24.2 Å². The van der Waals surface area contributed by atoms with Gasteiger partial charge in [0.2, 0.25) is 5.91 Å². The van der Waals surface area contributed by atoms with E-state index in [0.717, 1.165) is 0 Å². The standard InChI is InChI=1S/C20H23N3O4S/c1-12(2)18(24)21-14-6-8-15(9-7-14)22-20(28)23-19(25)13-5-10-16(26-3)17(11-13)27-4/h5-12H,1-4H3,(H,21,24)(H2,22,23,25,28). The molecule has 2 amide bonds. The lowest BCUT2D eigenvalue weighted by Gasteiger charge is -2.12. The minimum atomic E-state index is -0.376. The number of ether oxygens (including phenoxy) is 2. The van der Waals surface area contributed by atoms with Gasteiger partial charge in [-0.1, -0.05) is 13.8 Å². The van der Waals surface area contributed by atoms with Gasteiger partial charge in [0.05, 0.1) is 14.2 Å². The van der Waals surface area contributed by atoms with Crippen molar-refractivity contribution in [1.82, 2.24) is 5.32 Å². The van der Waals surface area contributed by atoms with Crippen LogP contribution in [0.5, 0.6) is 11.5 Å². The Morgan fingerprint density at radius 1 is 0.893 bits per heavy atom. The molecule has 3 N–H and O–H groups in total. The molecule has 148 valence electrons. The third-order valence-corrected chi connectivity index (χ3v) is 4.01. The predicted octanol–water partition coefficient (Wildman–Crippen LogP) is 3.43. The first kappa shape index (κ1) is 21.2. The molecule has 0 radical (unpaired) electrons. The summed E-state index contributed by atoms with van der Waals surface area (Å²) in [6.07, 6.45) is 0. The van der Waals surface area contributed by atoms with Crippen LogP contribution in [0.15, 0.2) is 42.5 Å². The first-order chi connectivity index (χ1) is 13.3. The monoisotopic (exact) mass is 401 g/mol. The van der Waals surface area contributed by atoms with Crippen LogP contribution in [0.3, 0.4) is 0 Å². The van der Waals surface area contributed by atoms with Crippen molar-refractivity contribution in [3.8, 4) is 11.5 Å². The molecule has 0 fully saturated rings. The highest BCUT2D eigenvalue weighted by Gasteiger charge is 2.12. The van der Waals surface area contributed by atoms with Crippen LogP contribution in [0.4, 0.5) is 11.4 Å². The van der Waals surface area contributed by atoms with E-state index in [1.165, 1.54) is 14.2 Å². The van der Waals surface area contributed by atoms with Crippen LogP contribution in [-0.4, -0.2) is 31.1 Å². The molecule has 0 saturated heterocycles. The average Bonchev–Trinajstić information content (AvgIpc) is 2.68. The van der Waals surface area contributed by atoms with E-state index in [1.807, 2.05) is 13.8 Å². The normalized spacial score (nSPS) is 10.2. The summed E-state index contributed by atoms with van der Waals surface area (Å²) >= 11 is 5.19. The van der Waals surface area contributed by atoms with Gasteiger partial charge in [0, 0.05) is 22.9 Å². The summed E-state index contributed by atoms with van der Waals surface area (Å²) in [5.74, 6) is 0.451. The minimum Gasteiger partial charge on any atom is -0.493 e. The van der Waals surface area contributed by atoms with Crippen molar-refractivity contribution >= 4 is 40.5 Å². The van der Waals surface area contributed by atoms with Crippen molar-refractivity contribution in [1.29, 1.82) is 0 Å². The Bertz CT molecular complexity index is 866. The second kappa shape index (κ2) is 9.70. The number of methoxy groups -OCH3 is 2. The molecule has 7 nitrogen and oxygen atoms in total. The fraction of sp³-hybridized carbons (Fsp3) is 0.250. The molecule has 0 unspecified atom stereocenters. The Morgan fingerprint density at radius 3 is 2.00 bits per heavy atom. The molecule has 8 heteroatoms. The topological polar surface area (TPSA) is 88.7 Å². The van der Waals surface area contributed by atoms with Crippen LogP contribution < -0.4 is 25.4 Å². The van der Waals surface area contributed by atoms with Gasteiger partial charge in [-0.2, -0.15) is 0 Å². The molecular formula is C20H23N3O4S. The van der Waals surface area contributed by atoms with Crippen LogP contribution in [0, 0.1) is 5.92 Å². The van der Waals surface area contributed by atoms with Gasteiger partial charge in [-0.25, -0.2) is 0 Å². The number of nitrogens with one attached hydrogen (secondary N) is 3. The van der Waals surface area contributed by atoms with Crippen molar-refractivity contribution in [2.24, 2.45) is 5.92 Å². The number of hydrogen-bond acceptors (Lipinski definition) is 5. The van der Waals surface area contributed by atoms with Crippen LogP contribution in [-0.2, 0) is 4.79 Å². The summed E-state index contributed by atoms with van der Waals surface area (Å²) in [5, 5.41) is 8.49. The Labute approximate surface area is 169 Å². The zero-order valence-electron chi connectivity index (χ0n) is 16.2. The van der Waals surface area contributed by atoms with Crippen molar-refractivity contribution in [2.75, 3.05) is 24.9 Å². The van der Waals surface area contributed by atoms with Gasteiger partial charge < -0.3 is 20.1 Å². The van der Waals surface area contributed by atoms with E-state index in [0.29, 0.717) is 28.4 Å². The molecule has 2 aromatic carbocycles. The lowest BCUT2D eigenvalue weighted by molar-refractivity contribution is -0.118. The van der Waals surface area contributed by atoms with E-state index >= 15 is 0 Å². The fourth-order valence-electron chi connectivity index (χ4n) is 2.24. The molecule has 0 aliphatic carbocycles. The number of benzene rings is 2. The molecule has 2 rings (SSSR count). The molecule has 0 saturated carbocycles. The summed E-state index contributed by atoms with van der Waals surface area (Å²) in [5.41, 5.74) is 1.75. The SMILES string of the molecule is COc1ccc(C(=O)NC(=S)Nc2ccc(NC(=O)C(C)C)cc2)cc1OC. The van der Waals surface area contributed by atoms with Crippen LogP contribution in [0.25, 0.3) is 0 Å². The molecule has 0 atom stereocenters. The number of amides is 2. The summed E-state index contributed by atoms with van der Waals surface area (Å²) in [6.45, 7) is 3.65. The molecule has 0 aromatic heterocycles. The van der Waals surface area contributed by atoms with Gasteiger partial charge in [0.15, 0.2) is 16.6 Å². The van der Waals surface area contributed by atoms with Crippen LogP contribution >= 0.6 is 12.2 Å². The predicted molar refractivity (Wildman–Crippen MR) is 113 cm³/mol. The second-order valence-corrected chi connectivity index (χ2v) is 6.61. The molecule has 0 bridgehead atoms. The first-order valence-electron chi connectivity index (χ1n) is 8.59. The van der Waals surface area contributed by atoms with Gasteiger partial charge in [0.25, 0.3) is 5.91 Å². The Kier molecular flexibility index (Phi) is 7.34. The van der Waals surface area contributed by atoms with Gasteiger partial charge in [-0.15, -0.1) is 0 Å². The number of rotatable bonds is 6. The van der Waals surface area contributed by atoms with E-state index in [1.54, 1.807) is 42.5 Å². The quantitative estimate of drug-likeness (QED) is 0.643. The third kappa shape index (κ3) is 5.68. The molecule has 2 aromatic rings. The fourth-order valence-corrected chi connectivity index (χ4v) is 2.45. The number of anilines is 2. The summed E-state index contributed by atoms with van der Waals surface area (Å²) < 4.78 is 10.4. The zero-order valence-corrected chi connectivity index (χ0v) is 17.0. The highest BCUT2D eigenvalue weighted by atomic mass is 32.1. The zero-order chi connectivity index (χ0) is 20.7. The molecular weight excluding hydrogens is 378 g/mol. The largest absolute Gasteiger partial charge is 0.493 e. The lowest BCUT2D eigenvalue weighted by atomic mass is 10.2. The summed E-state index contributed by atoms with van der Waals surface area (Å²) in [6, 6.07) is 11.8. The molecule has 28 heavy (non-hydrogen) atoms. The van der Waals surface area contributed by atoms with Crippen molar-refractivity contribution in [3.63, 3.8) is 0 Å². The van der Waals surface area contributed by atoms with Gasteiger partial charge in [-0.05, 0) is 54.7 Å². The minimum absolute atomic E-state index is 0.0570. The number of carbonyl (C=O) groups is 2. The highest BCUT2D eigenvalue weighted by Crippen LogP contribution is 2.27. The maximum absolute atomic E-state index is 12.4. The van der Waals surface area contributed by atoms with Crippen molar-refractivity contribution in [2.45, 2.75) is 13.8 Å². The van der Waals surface area contributed by atoms with Gasteiger partial charge in [0.1, 0.15) is 0 Å². The lowest BCUT2D eigenvalue weighted by Crippen LogP contribution is -2.34. The molecule has 0 spiro atoms. The summed E-state index contributed by atoms with van der Waals surface area (Å²) in [7, 11) is 3.02. The Balaban J connectivity index is 1.96. The maximum atomic E-state index is 12.4. The molecule has 0 heterocycles. The average molecular weight is 401 g/mol. The van der Waals surface area contributed by atoms with Crippen LogP contribution in [0.2, 0.25) is 0 Å². The Hall–Kier alpha value is -3.13. The van der Waals surface area contributed by atoms with Crippen molar-refractivity contribution < 1.29 is 19.1 Å². The molecule has 0 aliphatic heterocycles. The van der Waals surface area contributed by atoms with E-state index in [9.17, 15) is 9.59 Å². The number of carbonyl (C=O) groups excluding carboxylic acids is 2. The van der Waals surface area contributed by atoms with E-state index in [4.69, 9.17) is 21.7 Å². The highest BCUT2D eigenvalue weighted by molar-refractivity contribution is 7.80. The smallest absolute Gasteiger partial charge is 0.257 e. The third-order valence-electron chi connectivity index (χ3n) is 3.81. The van der Waals surface area contributed by atoms with Crippen molar-refractivity contribution in [3.05, 3.63) is 48.0 Å². The molecule has 0 aliphatic rings. The number of thiocarbonyl (C=S) groups is 1. The number of hydrogen-bond donors (Lipinski definition) is 3. The Morgan fingerprint density at radius 2 is 1.46 bits per heavy atom.